The van der Waals surface area contributed by atoms with E-state index in [1.807, 2.05) is 24.4 Å². The number of rotatable bonds is 4. The molecule has 1 aliphatic rings. The van der Waals surface area contributed by atoms with Crippen molar-refractivity contribution < 1.29 is 4.79 Å². The Hall–Kier alpha value is -2.14. The number of aromatic nitrogens is 1. The Morgan fingerprint density at radius 1 is 1.20 bits per heavy atom. The fourth-order valence-corrected chi connectivity index (χ4v) is 2.62. The fraction of sp³-hybridized carbons (Fsp3) is 0.333. The maximum absolute atomic E-state index is 12.1. The minimum Gasteiger partial charge on any atom is -0.360 e. The molecule has 2 N–H and O–H groups in total. The summed E-state index contributed by atoms with van der Waals surface area (Å²) in [6, 6.07) is 5.70. The molecule has 0 radical (unpaired) electrons. The second-order valence-corrected chi connectivity index (χ2v) is 4.89. The molecule has 1 aromatic heterocycles. The van der Waals surface area contributed by atoms with Gasteiger partial charge >= 0.3 is 0 Å². The van der Waals surface area contributed by atoms with Crippen LogP contribution >= 0.6 is 0 Å². The normalized spacial score (nSPS) is 14.3. The van der Waals surface area contributed by atoms with E-state index in [1.165, 1.54) is 0 Å². The average molecular weight is 270 g/mol. The van der Waals surface area contributed by atoms with Crippen molar-refractivity contribution in [3.05, 3.63) is 35.5 Å². The number of nitrogens with zero attached hydrogens (tertiary/aromatic N) is 2. The summed E-state index contributed by atoms with van der Waals surface area (Å²) >= 11 is 0. The third-order valence-corrected chi connectivity index (χ3v) is 3.82. The molecule has 2 aromatic rings. The molecule has 0 aliphatic carbocycles. The summed E-state index contributed by atoms with van der Waals surface area (Å²) in [5, 5.41) is 5.27. The van der Waals surface area contributed by atoms with Crippen molar-refractivity contribution in [1.82, 2.24) is 15.3 Å². The lowest BCUT2D eigenvalue weighted by atomic mass is 10.0. The van der Waals surface area contributed by atoms with Crippen LogP contribution in [0.3, 0.4) is 0 Å². The number of nitrogens with one attached hydrogen (secondary N) is 2. The molecule has 20 heavy (non-hydrogen) atoms. The molecule has 1 aromatic carbocycles. The van der Waals surface area contributed by atoms with Crippen LogP contribution in [0, 0.1) is 0 Å². The van der Waals surface area contributed by atoms with Gasteiger partial charge in [0.15, 0.2) is 0 Å². The minimum absolute atomic E-state index is 0.147. The standard InChI is InChI=1S/C15H18N4O/c1-3-19(4-2)9-13-11-8-16-12-7-5-6-10(14(11)12)15(20)18-17-13/h5-8,16H,3-4,9H2,1-2H3,(H,18,20). The molecule has 104 valence electrons. The maximum atomic E-state index is 12.1. The number of benzene rings is 1. The minimum atomic E-state index is -0.147. The van der Waals surface area contributed by atoms with Crippen LogP contribution in [0.15, 0.2) is 29.5 Å². The molecule has 2 heterocycles. The Morgan fingerprint density at radius 2 is 2.00 bits per heavy atom. The highest BCUT2D eigenvalue weighted by molar-refractivity contribution is 6.19. The van der Waals surface area contributed by atoms with Gasteiger partial charge in [0.25, 0.3) is 5.91 Å². The van der Waals surface area contributed by atoms with E-state index < -0.39 is 0 Å². The molecule has 5 heteroatoms. The number of hydrazone groups is 1. The van der Waals surface area contributed by atoms with Crippen LogP contribution in [0.1, 0.15) is 29.8 Å². The smallest absolute Gasteiger partial charge is 0.272 e. The number of hydrogen-bond acceptors (Lipinski definition) is 3. The molecule has 3 rings (SSSR count). The van der Waals surface area contributed by atoms with Crippen molar-refractivity contribution >= 4 is 22.5 Å². The number of H-pyrrole nitrogens is 1. The zero-order chi connectivity index (χ0) is 14.1. The number of aromatic amines is 1. The van der Waals surface area contributed by atoms with Crippen molar-refractivity contribution in [1.29, 1.82) is 0 Å². The molecular weight excluding hydrogens is 252 g/mol. The number of amides is 1. The van der Waals surface area contributed by atoms with Gasteiger partial charge < -0.3 is 4.98 Å². The van der Waals surface area contributed by atoms with E-state index in [4.69, 9.17) is 0 Å². The molecule has 0 saturated heterocycles. The SMILES string of the molecule is CCN(CC)CC1=NNC(=O)c2cccc3[nH]cc1c23. The van der Waals surface area contributed by atoms with Crippen molar-refractivity contribution in [2.45, 2.75) is 13.8 Å². The molecule has 1 aliphatic heterocycles. The van der Waals surface area contributed by atoms with Gasteiger partial charge in [-0.2, -0.15) is 5.10 Å². The van der Waals surface area contributed by atoms with Crippen LogP contribution in [-0.2, 0) is 0 Å². The molecular formula is C15H18N4O. The topological polar surface area (TPSA) is 60.5 Å². The lowest BCUT2D eigenvalue weighted by Crippen LogP contribution is -2.31. The Labute approximate surface area is 117 Å². The molecule has 0 bridgehead atoms. The maximum Gasteiger partial charge on any atom is 0.272 e. The molecule has 0 atom stereocenters. The van der Waals surface area contributed by atoms with Crippen molar-refractivity contribution in [2.24, 2.45) is 5.10 Å². The molecule has 0 fully saturated rings. The monoisotopic (exact) mass is 270 g/mol. The lowest BCUT2D eigenvalue weighted by Gasteiger charge is -2.18. The van der Waals surface area contributed by atoms with Gasteiger partial charge in [-0.1, -0.05) is 19.9 Å². The van der Waals surface area contributed by atoms with Gasteiger partial charge in [0, 0.05) is 29.2 Å². The van der Waals surface area contributed by atoms with E-state index in [0.29, 0.717) is 5.56 Å². The van der Waals surface area contributed by atoms with Crippen LogP contribution in [0.25, 0.3) is 10.9 Å². The average Bonchev–Trinajstić information content (AvgIpc) is 2.85. The zero-order valence-corrected chi connectivity index (χ0v) is 11.7. The summed E-state index contributed by atoms with van der Waals surface area (Å²) < 4.78 is 0. The second kappa shape index (κ2) is 5.09. The van der Waals surface area contributed by atoms with Crippen molar-refractivity contribution in [3.63, 3.8) is 0 Å². The largest absolute Gasteiger partial charge is 0.360 e. The summed E-state index contributed by atoms with van der Waals surface area (Å²) in [4.78, 5) is 17.6. The fourth-order valence-electron chi connectivity index (χ4n) is 2.62. The van der Waals surface area contributed by atoms with Crippen LogP contribution in [-0.4, -0.2) is 41.1 Å². The van der Waals surface area contributed by atoms with Crippen LogP contribution < -0.4 is 5.43 Å². The third-order valence-electron chi connectivity index (χ3n) is 3.82. The van der Waals surface area contributed by atoms with Gasteiger partial charge in [0.1, 0.15) is 0 Å². The van der Waals surface area contributed by atoms with Gasteiger partial charge in [-0.05, 0) is 25.2 Å². The summed E-state index contributed by atoms with van der Waals surface area (Å²) in [5.41, 5.74) is 6.22. The first kappa shape index (κ1) is 12.9. The quantitative estimate of drug-likeness (QED) is 0.892. The number of hydrogen-bond donors (Lipinski definition) is 2. The molecule has 1 amide bonds. The van der Waals surface area contributed by atoms with Gasteiger partial charge in [0.2, 0.25) is 0 Å². The summed E-state index contributed by atoms with van der Waals surface area (Å²) in [6.07, 6.45) is 1.94. The van der Waals surface area contributed by atoms with E-state index in [1.54, 1.807) is 0 Å². The van der Waals surface area contributed by atoms with E-state index in [2.05, 4.69) is 34.3 Å². The highest BCUT2D eigenvalue weighted by Crippen LogP contribution is 2.25. The Morgan fingerprint density at radius 3 is 2.75 bits per heavy atom. The van der Waals surface area contributed by atoms with Gasteiger partial charge in [-0.25, -0.2) is 5.43 Å². The van der Waals surface area contributed by atoms with Gasteiger partial charge in [0.05, 0.1) is 11.3 Å². The highest BCUT2D eigenvalue weighted by atomic mass is 16.2. The molecule has 5 nitrogen and oxygen atoms in total. The van der Waals surface area contributed by atoms with E-state index in [-0.39, 0.29) is 5.91 Å². The first-order valence-corrected chi connectivity index (χ1v) is 6.94. The summed E-state index contributed by atoms with van der Waals surface area (Å²) in [5.74, 6) is -0.147. The first-order chi connectivity index (χ1) is 9.74. The van der Waals surface area contributed by atoms with Crippen LogP contribution in [0.5, 0.6) is 0 Å². The van der Waals surface area contributed by atoms with E-state index in [0.717, 1.165) is 41.8 Å². The Balaban J connectivity index is 2.11. The predicted molar refractivity (Wildman–Crippen MR) is 80.1 cm³/mol. The number of likely N-dealkylation sites (N-methyl/N-ethyl adjacent to an activating group) is 1. The summed E-state index contributed by atoms with van der Waals surface area (Å²) in [7, 11) is 0. The summed E-state index contributed by atoms with van der Waals surface area (Å²) in [6.45, 7) is 6.89. The lowest BCUT2D eigenvalue weighted by molar-refractivity contribution is 0.0957. The van der Waals surface area contributed by atoms with E-state index >= 15 is 0 Å². The number of carbonyl (C=O) groups excluding carboxylic acids is 1. The van der Waals surface area contributed by atoms with Crippen LogP contribution in [0.2, 0.25) is 0 Å². The van der Waals surface area contributed by atoms with Gasteiger partial charge in [-0.15, -0.1) is 0 Å². The Kier molecular flexibility index (Phi) is 3.28. The molecule has 0 saturated carbocycles. The van der Waals surface area contributed by atoms with Gasteiger partial charge in [-0.3, -0.25) is 9.69 Å². The zero-order valence-electron chi connectivity index (χ0n) is 11.7. The Bertz CT molecular complexity index is 682. The van der Waals surface area contributed by atoms with Crippen molar-refractivity contribution in [3.8, 4) is 0 Å². The second-order valence-electron chi connectivity index (χ2n) is 4.89. The van der Waals surface area contributed by atoms with E-state index in [9.17, 15) is 4.79 Å². The molecule has 0 spiro atoms. The van der Waals surface area contributed by atoms with Crippen molar-refractivity contribution in [2.75, 3.05) is 19.6 Å². The molecule has 0 unspecified atom stereocenters. The third kappa shape index (κ3) is 2.00. The first-order valence-electron chi connectivity index (χ1n) is 6.94. The number of carbonyl (C=O) groups is 1. The highest BCUT2D eigenvalue weighted by Gasteiger charge is 2.21. The van der Waals surface area contributed by atoms with Crippen LogP contribution in [0.4, 0.5) is 0 Å². The predicted octanol–water partition coefficient (Wildman–Crippen LogP) is 1.96.